The second-order valence-corrected chi connectivity index (χ2v) is 4.30. The molecule has 5 heteroatoms. The van der Waals surface area contributed by atoms with Crippen molar-refractivity contribution in [3.8, 4) is 17.1 Å². The molecule has 1 aromatic heterocycles. The number of aromatic hydroxyl groups is 1. The zero-order chi connectivity index (χ0) is 14.3. The van der Waals surface area contributed by atoms with Gasteiger partial charge in [0.1, 0.15) is 28.5 Å². The third kappa shape index (κ3) is 1.89. The van der Waals surface area contributed by atoms with E-state index in [1.165, 1.54) is 42.5 Å². The van der Waals surface area contributed by atoms with Gasteiger partial charge in [-0.3, -0.25) is 0 Å². The molecule has 2 N–H and O–H groups in total. The van der Waals surface area contributed by atoms with Crippen molar-refractivity contribution in [2.75, 3.05) is 0 Å². The second kappa shape index (κ2) is 4.38. The Morgan fingerprint density at radius 1 is 1.10 bits per heavy atom. The molecule has 0 radical (unpaired) electrons. The number of phenolic OH excluding ortho intramolecular Hbond substituents is 1. The van der Waals surface area contributed by atoms with Crippen LogP contribution in [-0.2, 0) is 0 Å². The maximum absolute atomic E-state index is 12.9. The lowest BCUT2D eigenvalue weighted by Gasteiger charge is -1.99. The number of benzene rings is 2. The van der Waals surface area contributed by atoms with Crippen LogP contribution in [0.4, 0.5) is 4.39 Å². The summed E-state index contributed by atoms with van der Waals surface area (Å²) in [5, 5.41) is 19.1. The van der Waals surface area contributed by atoms with Crippen LogP contribution in [0.1, 0.15) is 10.4 Å². The highest BCUT2D eigenvalue weighted by Gasteiger charge is 2.21. The third-order valence-electron chi connectivity index (χ3n) is 2.99. The fraction of sp³-hybridized carbons (Fsp3) is 0. The van der Waals surface area contributed by atoms with Crippen molar-refractivity contribution in [2.24, 2.45) is 0 Å². The molecule has 0 aliphatic carbocycles. The third-order valence-corrected chi connectivity index (χ3v) is 2.99. The lowest BCUT2D eigenvalue weighted by atomic mass is 10.1. The standard InChI is InChI=1S/C15H9FO4/c16-9-3-1-8(2-4-9)14-13(15(18)19)11-6-5-10(17)7-12(11)20-14/h1-7,17H,(H,18,19). The Hall–Kier alpha value is -2.82. The van der Waals surface area contributed by atoms with Gasteiger partial charge in [-0.2, -0.15) is 0 Å². The van der Waals surface area contributed by atoms with Gasteiger partial charge in [0, 0.05) is 17.0 Å². The van der Waals surface area contributed by atoms with E-state index in [1.54, 1.807) is 0 Å². The summed E-state index contributed by atoms with van der Waals surface area (Å²) in [4.78, 5) is 11.4. The Morgan fingerprint density at radius 3 is 2.45 bits per heavy atom. The summed E-state index contributed by atoms with van der Waals surface area (Å²) in [7, 11) is 0. The van der Waals surface area contributed by atoms with Crippen LogP contribution in [-0.4, -0.2) is 16.2 Å². The van der Waals surface area contributed by atoms with Gasteiger partial charge in [0.05, 0.1) is 0 Å². The summed E-state index contributed by atoms with van der Waals surface area (Å²) in [6.45, 7) is 0. The summed E-state index contributed by atoms with van der Waals surface area (Å²) < 4.78 is 18.4. The molecule has 100 valence electrons. The molecular weight excluding hydrogens is 263 g/mol. The van der Waals surface area contributed by atoms with Crippen LogP contribution < -0.4 is 0 Å². The molecule has 0 saturated heterocycles. The molecule has 1 heterocycles. The fourth-order valence-electron chi connectivity index (χ4n) is 2.10. The maximum Gasteiger partial charge on any atom is 0.340 e. The minimum absolute atomic E-state index is 0.00777. The van der Waals surface area contributed by atoms with Crippen LogP contribution in [0.25, 0.3) is 22.3 Å². The number of carboxylic acids is 1. The van der Waals surface area contributed by atoms with E-state index in [1.807, 2.05) is 0 Å². The van der Waals surface area contributed by atoms with Gasteiger partial charge < -0.3 is 14.6 Å². The maximum atomic E-state index is 12.9. The first-order valence-corrected chi connectivity index (χ1v) is 5.81. The molecule has 3 aromatic rings. The summed E-state index contributed by atoms with van der Waals surface area (Å²) in [6.07, 6.45) is 0. The molecule has 0 aliphatic rings. The van der Waals surface area contributed by atoms with Gasteiger partial charge in [-0.1, -0.05) is 0 Å². The summed E-state index contributed by atoms with van der Waals surface area (Å²) in [5.41, 5.74) is 0.716. The molecule has 0 bridgehead atoms. The lowest BCUT2D eigenvalue weighted by molar-refractivity contribution is 0.0699. The molecule has 0 saturated carbocycles. The second-order valence-electron chi connectivity index (χ2n) is 4.30. The van der Waals surface area contributed by atoms with Gasteiger partial charge in [0.25, 0.3) is 0 Å². The van der Waals surface area contributed by atoms with E-state index in [4.69, 9.17) is 4.42 Å². The van der Waals surface area contributed by atoms with Crippen molar-refractivity contribution >= 4 is 16.9 Å². The van der Waals surface area contributed by atoms with E-state index in [9.17, 15) is 19.4 Å². The highest BCUT2D eigenvalue weighted by atomic mass is 19.1. The lowest BCUT2D eigenvalue weighted by Crippen LogP contribution is -1.97. The molecule has 0 amide bonds. The minimum atomic E-state index is -1.14. The van der Waals surface area contributed by atoms with Crippen LogP contribution in [0.3, 0.4) is 0 Å². The van der Waals surface area contributed by atoms with E-state index < -0.39 is 11.8 Å². The summed E-state index contributed by atoms with van der Waals surface area (Å²) in [5.74, 6) is -1.44. The quantitative estimate of drug-likeness (QED) is 0.747. The number of rotatable bonds is 2. The van der Waals surface area contributed by atoms with Gasteiger partial charge >= 0.3 is 5.97 Å². The minimum Gasteiger partial charge on any atom is -0.508 e. The number of furan rings is 1. The van der Waals surface area contributed by atoms with Crippen molar-refractivity contribution < 1.29 is 23.8 Å². The molecular formula is C15H9FO4. The number of aromatic carboxylic acids is 1. The van der Waals surface area contributed by atoms with Crippen molar-refractivity contribution in [3.05, 3.63) is 53.8 Å². The van der Waals surface area contributed by atoms with Gasteiger partial charge in [0.2, 0.25) is 0 Å². The summed E-state index contributed by atoms with van der Waals surface area (Å²) >= 11 is 0. The molecule has 4 nitrogen and oxygen atoms in total. The van der Waals surface area contributed by atoms with E-state index in [0.717, 1.165) is 0 Å². The molecule has 0 fully saturated rings. The van der Waals surface area contributed by atoms with E-state index >= 15 is 0 Å². The number of hydrogen-bond donors (Lipinski definition) is 2. The summed E-state index contributed by atoms with van der Waals surface area (Å²) in [6, 6.07) is 9.55. The predicted molar refractivity (Wildman–Crippen MR) is 70.2 cm³/mol. The Kier molecular flexibility index (Phi) is 2.68. The van der Waals surface area contributed by atoms with Crippen molar-refractivity contribution in [2.45, 2.75) is 0 Å². The SMILES string of the molecule is O=C(O)c1c(-c2ccc(F)cc2)oc2cc(O)ccc12. The van der Waals surface area contributed by atoms with Crippen molar-refractivity contribution in [1.82, 2.24) is 0 Å². The molecule has 0 atom stereocenters. The average molecular weight is 272 g/mol. The highest BCUT2D eigenvalue weighted by Crippen LogP contribution is 2.35. The molecule has 0 spiro atoms. The first-order valence-electron chi connectivity index (χ1n) is 5.81. The normalized spacial score (nSPS) is 10.8. The number of phenols is 1. The zero-order valence-corrected chi connectivity index (χ0v) is 10.1. The van der Waals surface area contributed by atoms with E-state index in [2.05, 4.69) is 0 Å². The van der Waals surface area contributed by atoms with Gasteiger partial charge in [-0.05, 0) is 36.4 Å². The molecule has 2 aromatic carbocycles. The number of halogens is 1. The van der Waals surface area contributed by atoms with Crippen molar-refractivity contribution in [3.63, 3.8) is 0 Å². The Balaban J connectivity index is 2.31. The smallest absolute Gasteiger partial charge is 0.340 e. The average Bonchev–Trinajstić information content (AvgIpc) is 2.77. The number of carboxylic acid groups (broad SMARTS) is 1. The van der Waals surface area contributed by atoms with Crippen LogP contribution >= 0.6 is 0 Å². The van der Waals surface area contributed by atoms with Crippen LogP contribution in [0, 0.1) is 5.82 Å². The van der Waals surface area contributed by atoms with Crippen LogP contribution in [0.2, 0.25) is 0 Å². The van der Waals surface area contributed by atoms with Crippen LogP contribution in [0.5, 0.6) is 5.75 Å². The molecule has 20 heavy (non-hydrogen) atoms. The highest BCUT2D eigenvalue weighted by molar-refractivity contribution is 6.08. The number of fused-ring (bicyclic) bond motifs is 1. The van der Waals surface area contributed by atoms with Gasteiger partial charge in [-0.15, -0.1) is 0 Å². The number of hydrogen-bond acceptors (Lipinski definition) is 3. The zero-order valence-electron chi connectivity index (χ0n) is 10.1. The molecule has 0 unspecified atom stereocenters. The van der Waals surface area contributed by atoms with Crippen molar-refractivity contribution in [1.29, 1.82) is 0 Å². The van der Waals surface area contributed by atoms with Gasteiger partial charge in [-0.25, -0.2) is 9.18 Å². The Labute approximate surface area is 112 Å². The monoisotopic (exact) mass is 272 g/mol. The molecule has 0 aliphatic heterocycles. The molecule has 3 rings (SSSR count). The topological polar surface area (TPSA) is 70.7 Å². The van der Waals surface area contributed by atoms with E-state index in [0.29, 0.717) is 10.9 Å². The largest absolute Gasteiger partial charge is 0.508 e. The first kappa shape index (κ1) is 12.2. The first-order chi connectivity index (χ1) is 9.56. The van der Waals surface area contributed by atoms with Crippen LogP contribution in [0.15, 0.2) is 46.9 Å². The number of carbonyl (C=O) groups is 1. The van der Waals surface area contributed by atoms with E-state index in [-0.39, 0.29) is 22.7 Å². The Bertz CT molecular complexity index is 803. The predicted octanol–water partition coefficient (Wildman–Crippen LogP) is 3.64. The van der Waals surface area contributed by atoms with Gasteiger partial charge in [0.15, 0.2) is 0 Å². The Morgan fingerprint density at radius 2 is 1.80 bits per heavy atom. The fourth-order valence-corrected chi connectivity index (χ4v) is 2.10.